The molecule has 1 aromatic carbocycles. The molecule has 0 atom stereocenters. The molecule has 0 spiro atoms. The second kappa shape index (κ2) is 3.84. The Morgan fingerprint density at radius 2 is 1.83 bits per heavy atom. The van der Waals surface area contributed by atoms with Gasteiger partial charge >= 0.3 is 0 Å². The molecule has 3 rings (SSSR count). The first-order chi connectivity index (χ1) is 8.65. The monoisotopic (exact) mass is 239 g/mol. The van der Waals surface area contributed by atoms with Crippen LogP contribution in [-0.4, -0.2) is 14.3 Å². The van der Waals surface area contributed by atoms with Crippen LogP contribution in [0.5, 0.6) is 0 Å². The zero-order valence-corrected chi connectivity index (χ0v) is 10.3. The Bertz CT molecular complexity index is 783. The number of rotatable bonds is 1. The number of hydrogen-bond donors (Lipinski definition) is 0. The van der Waals surface area contributed by atoms with Gasteiger partial charge in [0.25, 0.3) is 0 Å². The predicted molar refractivity (Wildman–Crippen MR) is 71.4 cm³/mol. The molecule has 0 saturated carbocycles. The minimum Gasteiger partial charge on any atom is -0.318 e. The van der Waals surface area contributed by atoms with Gasteiger partial charge in [0.05, 0.1) is 11.7 Å². The van der Waals surface area contributed by atoms with Gasteiger partial charge in [-0.1, -0.05) is 6.07 Å². The van der Waals surface area contributed by atoms with Gasteiger partial charge in [-0.25, -0.2) is 0 Å². The average Bonchev–Trinajstić information content (AvgIpc) is 2.74. The van der Waals surface area contributed by atoms with E-state index in [1.165, 1.54) is 0 Å². The Morgan fingerprint density at radius 3 is 2.61 bits per heavy atom. The highest BCUT2D eigenvalue weighted by atomic mass is 16.1. The molecule has 4 heteroatoms. The first kappa shape index (κ1) is 10.8. The SMILES string of the molecule is Cn1cc(-c2ccc3c(cnn3C)c2)ccc1=O. The van der Waals surface area contributed by atoms with Gasteiger partial charge in [0, 0.05) is 31.7 Å². The topological polar surface area (TPSA) is 39.8 Å². The third kappa shape index (κ3) is 1.62. The van der Waals surface area contributed by atoms with Gasteiger partial charge in [-0.05, 0) is 29.3 Å². The zero-order chi connectivity index (χ0) is 12.7. The zero-order valence-electron chi connectivity index (χ0n) is 10.3. The van der Waals surface area contributed by atoms with Crippen LogP contribution in [0.1, 0.15) is 0 Å². The number of fused-ring (bicyclic) bond motifs is 1. The van der Waals surface area contributed by atoms with Crippen molar-refractivity contribution in [2.75, 3.05) is 0 Å². The highest BCUT2D eigenvalue weighted by molar-refractivity contribution is 5.84. The minimum atomic E-state index is 0.00112. The first-order valence-corrected chi connectivity index (χ1v) is 5.74. The number of aryl methyl sites for hydroxylation is 2. The summed E-state index contributed by atoms with van der Waals surface area (Å²) >= 11 is 0. The molecule has 0 amide bonds. The number of nitrogens with zero attached hydrogens (tertiary/aromatic N) is 3. The summed E-state index contributed by atoms with van der Waals surface area (Å²) in [6.45, 7) is 0. The van der Waals surface area contributed by atoms with Crippen molar-refractivity contribution in [3.05, 3.63) is 53.1 Å². The maximum atomic E-state index is 11.4. The molecule has 2 heterocycles. The van der Waals surface area contributed by atoms with Gasteiger partial charge in [-0.2, -0.15) is 5.10 Å². The van der Waals surface area contributed by atoms with Crippen molar-refractivity contribution in [2.45, 2.75) is 0 Å². The van der Waals surface area contributed by atoms with E-state index in [1.807, 2.05) is 42.3 Å². The minimum absolute atomic E-state index is 0.00112. The fourth-order valence-corrected chi connectivity index (χ4v) is 2.11. The quantitative estimate of drug-likeness (QED) is 0.651. The standard InChI is InChI=1S/C14H13N3O/c1-16-9-11(4-6-14(16)18)10-3-5-13-12(7-10)8-15-17(13)2/h3-9H,1-2H3. The van der Waals surface area contributed by atoms with Crippen molar-refractivity contribution in [3.63, 3.8) is 0 Å². The maximum absolute atomic E-state index is 11.4. The summed E-state index contributed by atoms with van der Waals surface area (Å²) in [5.74, 6) is 0. The van der Waals surface area contributed by atoms with E-state index in [-0.39, 0.29) is 5.56 Å². The molecule has 0 radical (unpaired) electrons. The summed E-state index contributed by atoms with van der Waals surface area (Å²) in [5.41, 5.74) is 3.22. The molecule has 3 aromatic rings. The Balaban J connectivity index is 2.18. The van der Waals surface area contributed by atoms with Crippen molar-refractivity contribution in [3.8, 4) is 11.1 Å². The highest BCUT2D eigenvalue weighted by Crippen LogP contribution is 2.23. The summed E-state index contributed by atoms with van der Waals surface area (Å²) in [7, 11) is 3.68. The summed E-state index contributed by atoms with van der Waals surface area (Å²) in [6, 6.07) is 9.61. The smallest absolute Gasteiger partial charge is 0.250 e. The molecule has 0 unspecified atom stereocenters. The second-order valence-electron chi connectivity index (χ2n) is 4.41. The van der Waals surface area contributed by atoms with Crippen LogP contribution in [-0.2, 0) is 14.1 Å². The largest absolute Gasteiger partial charge is 0.318 e. The Labute approximate surface area is 104 Å². The summed E-state index contributed by atoms with van der Waals surface area (Å²) in [4.78, 5) is 11.4. The van der Waals surface area contributed by atoms with E-state index in [1.54, 1.807) is 17.7 Å². The van der Waals surface area contributed by atoms with E-state index in [2.05, 4.69) is 11.2 Å². The number of benzene rings is 1. The lowest BCUT2D eigenvalue weighted by molar-refractivity contribution is 0.797. The van der Waals surface area contributed by atoms with Crippen LogP contribution >= 0.6 is 0 Å². The third-order valence-corrected chi connectivity index (χ3v) is 3.17. The Hall–Kier alpha value is -2.36. The van der Waals surface area contributed by atoms with Gasteiger partial charge in [0.15, 0.2) is 0 Å². The molecular formula is C14H13N3O. The van der Waals surface area contributed by atoms with Crippen LogP contribution in [0, 0.1) is 0 Å². The lowest BCUT2D eigenvalue weighted by Gasteiger charge is -2.04. The van der Waals surface area contributed by atoms with Gasteiger partial charge in [-0.15, -0.1) is 0 Å². The van der Waals surface area contributed by atoms with Crippen LogP contribution in [0.2, 0.25) is 0 Å². The van der Waals surface area contributed by atoms with E-state index < -0.39 is 0 Å². The number of hydrogen-bond acceptors (Lipinski definition) is 2. The third-order valence-electron chi connectivity index (χ3n) is 3.17. The van der Waals surface area contributed by atoms with Crippen LogP contribution in [0.25, 0.3) is 22.0 Å². The molecular weight excluding hydrogens is 226 g/mol. The molecule has 0 bridgehead atoms. The van der Waals surface area contributed by atoms with Gasteiger partial charge in [0.1, 0.15) is 0 Å². The summed E-state index contributed by atoms with van der Waals surface area (Å²) in [5, 5.41) is 5.32. The van der Waals surface area contributed by atoms with Crippen molar-refractivity contribution >= 4 is 10.9 Å². The van der Waals surface area contributed by atoms with E-state index in [0.29, 0.717) is 0 Å². The van der Waals surface area contributed by atoms with Crippen LogP contribution in [0.15, 0.2) is 47.5 Å². The van der Waals surface area contributed by atoms with Crippen LogP contribution < -0.4 is 5.56 Å². The predicted octanol–water partition coefficient (Wildman–Crippen LogP) is 1.94. The second-order valence-corrected chi connectivity index (χ2v) is 4.41. The van der Waals surface area contributed by atoms with E-state index in [4.69, 9.17) is 0 Å². The lowest BCUT2D eigenvalue weighted by Crippen LogP contribution is -2.13. The molecule has 0 saturated heterocycles. The molecule has 0 aliphatic heterocycles. The Kier molecular flexibility index (Phi) is 2.30. The molecule has 0 fully saturated rings. The van der Waals surface area contributed by atoms with Gasteiger partial charge in [0.2, 0.25) is 5.56 Å². The fraction of sp³-hybridized carbons (Fsp3) is 0.143. The van der Waals surface area contributed by atoms with E-state index in [9.17, 15) is 4.79 Å². The number of pyridine rings is 1. The fourth-order valence-electron chi connectivity index (χ4n) is 2.11. The maximum Gasteiger partial charge on any atom is 0.250 e. The lowest BCUT2D eigenvalue weighted by atomic mass is 10.1. The molecule has 18 heavy (non-hydrogen) atoms. The van der Waals surface area contributed by atoms with Crippen molar-refractivity contribution < 1.29 is 0 Å². The summed E-state index contributed by atoms with van der Waals surface area (Å²) < 4.78 is 3.43. The van der Waals surface area contributed by atoms with Crippen molar-refractivity contribution in [1.82, 2.24) is 14.3 Å². The Morgan fingerprint density at radius 1 is 1.06 bits per heavy atom. The highest BCUT2D eigenvalue weighted by Gasteiger charge is 2.03. The van der Waals surface area contributed by atoms with Crippen LogP contribution in [0.4, 0.5) is 0 Å². The molecule has 0 aliphatic carbocycles. The normalized spacial score (nSPS) is 11.0. The first-order valence-electron chi connectivity index (χ1n) is 5.74. The average molecular weight is 239 g/mol. The molecule has 0 N–H and O–H groups in total. The molecule has 90 valence electrons. The molecule has 4 nitrogen and oxygen atoms in total. The van der Waals surface area contributed by atoms with Crippen molar-refractivity contribution in [2.24, 2.45) is 14.1 Å². The van der Waals surface area contributed by atoms with Crippen molar-refractivity contribution in [1.29, 1.82) is 0 Å². The van der Waals surface area contributed by atoms with Gasteiger partial charge in [-0.3, -0.25) is 9.48 Å². The van der Waals surface area contributed by atoms with Gasteiger partial charge < -0.3 is 4.57 Å². The molecule has 2 aromatic heterocycles. The van der Waals surface area contributed by atoms with Crippen LogP contribution in [0.3, 0.4) is 0 Å². The van der Waals surface area contributed by atoms with E-state index in [0.717, 1.165) is 22.0 Å². The summed E-state index contributed by atoms with van der Waals surface area (Å²) in [6.07, 6.45) is 3.70. The van der Waals surface area contributed by atoms with E-state index >= 15 is 0 Å². The molecule has 0 aliphatic rings. The number of aromatic nitrogens is 3.